The molecule has 0 aliphatic heterocycles. The van der Waals surface area contributed by atoms with Gasteiger partial charge in [-0.3, -0.25) is 10.5 Å². The second-order valence-electron chi connectivity index (χ2n) is 3.84. The molecule has 0 heterocycles. The Morgan fingerprint density at radius 3 is 2.15 bits per heavy atom. The van der Waals surface area contributed by atoms with Gasteiger partial charge in [0.05, 0.1) is 6.42 Å². The Hall–Kier alpha value is -0.900. The molecule has 0 aromatic heterocycles. The van der Waals surface area contributed by atoms with E-state index in [1.54, 1.807) is 0 Å². The van der Waals surface area contributed by atoms with Crippen molar-refractivity contribution in [1.82, 2.24) is 0 Å². The second-order valence-corrected chi connectivity index (χ2v) is 3.84. The fourth-order valence-corrected chi connectivity index (χ4v) is 1.47. The smallest absolute Gasteiger partial charge is 0.309 e. The summed E-state index contributed by atoms with van der Waals surface area (Å²) in [5.41, 5.74) is 3.26. The van der Waals surface area contributed by atoms with Crippen molar-refractivity contribution in [3.8, 4) is 0 Å². The average molecular weight is 188 g/mol. The number of hydrogen-bond acceptors (Lipinski definition) is 2. The molecule has 0 aromatic rings. The standard InChI is InChI=1S/C9H17NO3/c1-6(2)3-7(4-8(10)11)5-9(12)13/h6-7H,3-5H2,1-2H3,(H2,10,11)(H,12,13)/p+1. The van der Waals surface area contributed by atoms with E-state index in [2.05, 4.69) is 5.73 Å². The summed E-state index contributed by atoms with van der Waals surface area (Å²) in [5.74, 6) is -0.648. The van der Waals surface area contributed by atoms with Gasteiger partial charge in [-0.05, 0) is 18.3 Å². The third-order valence-electron chi connectivity index (χ3n) is 1.78. The van der Waals surface area contributed by atoms with E-state index in [1.165, 1.54) is 0 Å². The molecule has 4 nitrogen and oxygen atoms in total. The minimum atomic E-state index is -0.841. The number of hydrogen-bond donors (Lipinski definition) is 2. The lowest BCUT2D eigenvalue weighted by Crippen LogP contribution is -2.57. The number of carbonyl (C=O) groups is 2. The molecule has 13 heavy (non-hydrogen) atoms. The molecule has 0 saturated carbocycles. The highest BCUT2D eigenvalue weighted by molar-refractivity contribution is 5.69. The van der Waals surface area contributed by atoms with Gasteiger partial charge in [-0.15, -0.1) is 0 Å². The molecule has 1 atom stereocenters. The number of amides is 1. The maximum absolute atomic E-state index is 10.7. The van der Waals surface area contributed by atoms with Crippen LogP contribution < -0.4 is 5.73 Å². The Labute approximate surface area is 78.1 Å². The van der Waals surface area contributed by atoms with Gasteiger partial charge < -0.3 is 5.11 Å². The average Bonchev–Trinajstić information content (AvgIpc) is 1.80. The summed E-state index contributed by atoms with van der Waals surface area (Å²) in [6.07, 6.45) is 1.12. The molecule has 0 aromatic carbocycles. The van der Waals surface area contributed by atoms with E-state index < -0.39 is 5.97 Å². The normalized spacial score (nSPS) is 12.9. The first-order chi connectivity index (χ1) is 5.91. The molecule has 4 N–H and O–H groups in total. The van der Waals surface area contributed by atoms with Gasteiger partial charge in [0.1, 0.15) is 0 Å². The van der Waals surface area contributed by atoms with E-state index in [9.17, 15) is 9.59 Å². The third-order valence-corrected chi connectivity index (χ3v) is 1.78. The molecule has 1 unspecified atom stereocenters. The van der Waals surface area contributed by atoms with Crippen LogP contribution in [-0.4, -0.2) is 17.0 Å². The van der Waals surface area contributed by atoms with E-state index in [4.69, 9.17) is 5.11 Å². The number of carbonyl (C=O) groups excluding carboxylic acids is 1. The Balaban J connectivity index is 4.02. The molecule has 0 spiro atoms. The monoisotopic (exact) mass is 188 g/mol. The van der Waals surface area contributed by atoms with Crippen LogP contribution in [0.2, 0.25) is 0 Å². The van der Waals surface area contributed by atoms with Crippen LogP contribution >= 0.6 is 0 Å². The summed E-state index contributed by atoms with van der Waals surface area (Å²) in [6, 6.07) is 0. The van der Waals surface area contributed by atoms with Crippen LogP contribution in [0, 0.1) is 11.8 Å². The van der Waals surface area contributed by atoms with E-state index in [0.717, 1.165) is 6.42 Å². The van der Waals surface area contributed by atoms with Crippen LogP contribution in [0.3, 0.4) is 0 Å². The minimum absolute atomic E-state index is 0.0532. The Morgan fingerprint density at radius 1 is 1.31 bits per heavy atom. The predicted molar refractivity (Wildman–Crippen MR) is 47.7 cm³/mol. The van der Waals surface area contributed by atoms with Crippen molar-refractivity contribution in [3.05, 3.63) is 0 Å². The van der Waals surface area contributed by atoms with E-state index in [1.807, 2.05) is 13.8 Å². The molecular formula is C9H18NO3+. The Morgan fingerprint density at radius 2 is 1.85 bits per heavy atom. The van der Waals surface area contributed by atoms with Crippen LogP contribution in [0.4, 0.5) is 0 Å². The van der Waals surface area contributed by atoms with Gasteiger partial charge in [-0.1, -0.05) is 13.8 Å². The van der Waals surface area contributed by atoms with Crippen molar-refractivity contribution in [1.29, 1.82) is 0 Å². The van der Waals surface area contributed by atoms with Gasteiger partial charge in [0, 0.05) is 6.42 Å². The second kappa shape index (κ2) is 5.70. The van der Waals surface area contributed by atoms with Crippen LogP contribution in [0.1, 0.15) is 33.1 Å². The lowest BCUT2D eigenvalue weighted by atomic mass is 9.91. The molecular weight excluding hydrogens is 170 g/mol. The summed E-state index contributed by atoms with van der Waals surface area (Å²) in [6.45, 7) is 4.03. The van der Waals surface area contributed by atoms with Crippen molar-refractivity contribution < 1.29 is 20.4 Å². The quantitative estimate of drug-likeness (QED) is 0.628. The number of rotatable bonds is 6. The molecule has 1 amide bonds. The summed E-state index contributed by atoms with van der Waals surface area (Å²) < 4.78 is 0. The molecule has 0 rings (SSSR count). The molecule has 0 bridgehead atoms. The highest BCUT2D eigenvalue weighted by atomic mass is 16.4. The number of carboxylic acid groups (broad SMARTS) is 1. The minimum Gasteiger partial charge on any atom is -0.481 e. The first-order valence-electron chi connectivity index (χ1n) is 4.48. The third kappa shape index (κ3) is 7.46. The first-order valence-corrected chi connectivity index (χ1v) is 4.48. The van der Waals surface area contributed by atoms with Gasteiger partial charge in [0.2, 0.25) is 0 Å². The van der Waals surface area contributed by atoms with Crippen LogP contribution in [0.25, 0.3) is 0 Å². The summed E-state index contributed by atoms with van der Waals surface area (Å²) in [5, 5.41) is 8.58. The molecule has 0 aliphatic rings. The fraction of sp³-hybridized carbons (Fsp3) is 0.778. The molecule has 0 radical (unpaired) electrons. The van der Waals surface area contributed by atoms with E-state index >= 15 is 0 Å². The van der Waals surface area contributed by atoms with Crippen LogP contribution in [-0.2, 0) is 9.59 Å². The fourth-order valence-electron chi connectivity index (χ4n) is 1.47. The Kier molecular flexibility index (Phi) is 5.30. The lowest BCUT2D eigenvalue weighted by molar-refractivity contribution is -0.306. The van der Waals surface area contributed by atoms with Crippen molar-refractivity contribution in [2.24, 2.45) is 11.8 Å². The van der Waals surface area contributed by atoms with Gasteiger partial charge in [-0.2, -0.15) is 0 Å². The maximum atomic E-state index is 10.7. The SMILES string of the molecule is CC(C)CC(CC([NH3+])=O)CC(=O)O. The molecule has 0 saturated heterocycles. The summed E-state index contributed by atoms with van der Waals surface area (Å²) in [7, 11) is 0. The zero-order chi connectivity index (χ0) is 10.4. The van der Waals surface area contributed by atoms with E-state index in [0.29, 0.717) is 5.92 Å². The van der Waals surface area contributed by atoms with Crippen LogP contribution in [0.15, 0.2) is 0 Å². The van der Waals surface area contributed by atoms with Crippen molar-refractivity contribution >= 4 is 11.9 Å². The number of quaternary nitrogens is 1. The molecule has 0 fully saturated rings. The topological polar surface area (TPSA) is 82.0 Å². The molecule has 0 aliphatic carbocycles. The van der Waals surface area contributed by atoms with Crippen molar-refractivity contribution in [3.63, 3.8) is 0 Å². The first kappa shape index (κ1) is 12.1. The highest BCUT2D eigenvalue weighted by Gasteiger charge is 2.18. The largest absolute Gasteiger partial charge is 0.481 e. The van der Waals surface area contributed by atoms with Gasteiger partial charge >= 0.3 is 11.9 Å². The summed E-state index contributed by atoms with van der Waals surface area (Å²) >= 11 is 0. The van der Waals surface area contributed by atoms with Crippen molar-refractivity contribution in [2.75, 3.05) is 0 Å². The zero-order valence-electron chi connectivity index (χ0n) is 8.25. The number of aliphatic carboxylic acids is 1. The molecule has 76 valence electrons. The van der Waals surface area contributed by atoms with Gasteiger partial charge in [-0.25, -0.2) is 4.79 Å². The lowest BCUT2D eigenvalue weighted by Gasteiger charge is -2.13. The summed E-state index contributed by atoms with van der Waals surface area (Å²) in [4.78, 5) is 21.2. The van der Waals surface area contributed by atoms with Gasteiger partial charge in [0.25, 0.3) is 0 Å². The highest BCUT2D eigenvalue weighted by Crippen LogP contribution is 2.18. The Bertz CT molecular complexity index is 173. The van der Waals surface area contributed by atoms with Crippen molar-refractivity contribution in [2.45, 2.75) is 33.1 Å². The van der Waals surface area contributed by atoms with Crippen LogP contribution in [0.5, 0.6) is 0 Å². The molecule has 4 heteroatoms. The van der Waals surface area contributed by atoms with Gasteiger partial charge in [0.15, 0.2) is 0 Å². The zero-order valence-corrected chi connectivity index (χ0v) is 8.25. The van der Waals surface area contributed by atoms with E-state index in [-0.39, 0.29) is 24.7 Å². The number of carboxylic acids is 1. The maximum Gasteiger partial charge on any atom is 0.309 e. The predicted octanol–water partition coefficient (Wildman–Crippen LogP) is 0.282.